The average Bonchev–Trinajstić information content (AvgIpc) is 2.27. The smallest absolute Gasteiger partial charge is 0.123 e. The molecule has 0 aromatic heterocycles. The van der Waals surface area contributed by atoms with Crippen molar-refractivity contribution in [1.82, 2.24) is 9.80 Å². The van der Waals surface area contributed by atoms with E-state index in [0.717, 1.165) is 19.6 Å². The van der Waals surface area contributed by atoms with Gasteiger partial charge in [-0.15, -0.1) is 0 Å². The van der Waals surface area contributed by atoms with Gasteiger partial charge in [0.05, 0.1) is 0 Å². The van der Waals surface area contributed by atoms with Gasteiger partial charge < -0.3 is 10.0 Å². The summed E-state index contributed by atoms with van der Waals surface area (Å²) < 4.78 is 13.1. The summed E-state index contributed by atoms with van der Waals surface area (Å²) in [5, 5.41) is 9.70. The largest absolute Gasteiger partial charge is 0.508 e. The van der Waals surface area contributed by atoms with E-state index in [1.165, 1.54) is 18.2 Å². The number of likely N-dealkylation sites (N-methyl/N-ethyl adjacent to an activating group) is 1. The van der Waals surface area contributed by atoms with Crippen LogP contribution in [-0.2, 0) is 6.54 Å². The van der Waals surface area contributed by atoms with Crippen molar-refractivity contribution < 1.29 is 9.50 Å². The van der Waals surface area contributed by atoms with Gasteiger partial charge in [0.2, 0.25) is 0 Å². The second-order valence-corrected chi connectivity index (χ2v) is 4.85. The van der Waals surface area contributed by atoms with Gasteiger partial charge >= 0.3 is 0 Å². The molecule has 3 nitrogen and oxygen atoms in total. The molecule has 4 heteroatoms. The predicted octanol–water partition coefficient (Wildman–Crippen LogP) is 1.67. The van der Waals surface area contributed by atoms with E-state index in [1.54, 1.807) is 0 Å². The number of rotatable bonds is 2. The van der Waals surface area contributed by atoms with Crippen LogP contribution in [0.15, 0.2) is 18.2 Å². The Bertz CT molecular complexity index is 397. The quantitative estimate of drug-likeness (QED) is 0.849. The van der Waals surface area contributed by atoms with Gasteiger partial charge in [-0.1, -0.05) is 0 Å². The summed E-state index contributed by atoms with van der Waals surface area (Å²) in [5.41, 5.74) is 0.668. The van der Waals surface area contributed by atoms with Crippen molar-refractivity contribution in [2.45, 2.75) is 19.5 Å². The molecule has 1 N–H and O–H groups in total. The summed E-state index contributed by atoms with van der Waals surface area (Å²) in [6, 6.07) is 4.55. The van der Waals surface area contributed by atoms with Crippen molar-refractivity contribution in [3.63, 3.8) is 0 Å². The second-order valence-electron chi connectivity index (χ2n) is 4.85. The number of benzene rings is 1. The van der Waals surface area contributed by atoms with Crippen molar-refractivity contribution in [1.29, 1.82) is 0 Å². The van der Waals surface area contributed by atoms with Crippen LogP contribution in [0.2, 0.25) is 0 Å². The lowest BCUT2D eigenvalue weighted by Gasteiger charge is -2.38. The van der Waals surface area contributed by atoms with E-state index in [-0.39, 0.29) is 11.6 Å². The molecule has 0 bridgehead atoms. The molecular formula is C13H19FN2O. The third kappa shape index (κ3) is 2.96. The summed E-state index contributed by atoms with van der Waals surface area (Å²) in [6.07, 6.45) is 0. The van der Waals surface area contributed by atoms with E-state index in [0.29, 0.717) is 18.2 Å². The first kappa shape index (κ1) is 12.3. The molecule has 0 saturated carbocycles. The number of hydrogen-bond acceptors (Lipinski definition) is 3. The standard InChI is InChI=1S/C13H19FN2O/c1-10-8-15(2)5-6-16(10)9-11-7-12(14)3-4-13(11)17/h3-4,7,10,17H,5-6,8-9H2,1-2H3. The number of phenolic OH excluding ortho intramolecular Hbond substituents is 1. The molecule has 1 aliphatic heterocycles. The minimum atomic E-state index is -0.292. The Hall–Kier alpha value is -1.13. The van der Waals surface area contributed by atoms with Gasteiger partial charge in [0.15, 0.2) is 0 Å². The first-order chi connectivity index (χ1) is 8.06. The Kier molecular flexibility index (Phi) is 3.64. The zero-order valence-electron chi connectivity index (χ0n) is 10.4. The molecular weight excluding hydrogens is 219 g/mol. The van der Waals surface area contributed by atoms with Gasteiger partial charge in [-0.05, 0) is 32.2 Å². The fourth-order valence-corrected chi connectivity index (χ4v) is 2.31. The number of piperazine rings is 1. The highest BCUT2D eigenvalue weighted by atomic mass is 19.1. The van der Waals surface area contributed by atoms with Crippen LogP contribution in [0, 0.1) is 5.82 Å². The molecule has 2 rings (SSSR count). The van der Waals surface area contributed by atoms with Crippen LogP contribution >= 0.6 is 0 Å². The zero-order chi connectivity index (χ0) is 12.4. The molecule has 1 fully saturated rings. The van der Waals surface area contributed by atoms with E-state index >= 15 is 0 Å². The number of aromatic hydroxyl groups is 1. The molecule has 17 heavy (non-hydrogen) atoms. The van der Waals surface area contributed by atoms with Gasteiger partial charge in [0.25, 0.3) is 0 Å². The van der Waals surface area contributed by atoms with Crippen LogP contribution in [0.3, 0.4) is 0 Å². The van der Waals surface area contributed by atoms with Crippen molar-refractivity contribution >= 4 is 0 Å². The van der Waals surface area contributed by atoms with Crippen LogP contribution in [0.1, 0.15) is 12.5 Å². The minimum absolute atomic E-state index is 0.178. The Morgan fingerprint density at radius 2 is 2.18 bits per heavy atom. The van der Waals surface area contributed by atoms with Gasteiger partial charge in [-0.2, -0.15) is 0 Å². The van der Waals surface area contributed by atoms with Crippen LogP contribution in [0.4, 0.5) is 4.39 Å². The van der Waals surface area contributed by atoms with E-state index < -0.39 is 0 Å². The molecule has 1 saturated heterocycles. The second kappa shape index (κ2) is 5.02. The third-order valence-electron chi connectivity index (χ3n) is 3.38. The maximum Gasteiger partial charge on any atom is 0.123 e. The van der Waals surface area contributed by atoms with Gasteiger partial charge in [-0.25, -0.2) is 4.39 Å². The monoisotopic (exact) mass is 238 g/mol. The number of halogens is 1. The van der Waals surface area contributed by atoms with Crippen molar-refractivity contribution in [2.24, 2.45) is 0 Å². The molecule has 1 unspecified atom stereocenters. The molecule has 1 aromatic rings. The predicted molar refractivity (Wildman–Crippen MR) is 65.4 cm³/mol. The van der Waals surface area contributed by atoms with Crippen molar-refractivity contribution in [3.8, 4) is 5.75 Å². The highest BCUT2D eigenvalue weighted by Crippen LogP contribution is 2.21. The zero-order valence-corrected chi connectivity index (χ0v) is 10.4. The summed E-state index contributed by atoms with van der Waals surface area (Å²) >= 11 is 0. The molecule has 0 aliphatic carbocycles. The van der Waals surface area contributed by atoms with Crippen molar-refractivity contribution in [2.75, 3.05) is 26.7 Å². The van der Waals surface area contributed by atoms with Gasteiger partial charge in [-0.3, -0.25) is 4.90 Å². The van der Waals surface area contributed by atoms with Gasteiger partial charge in [0.1, 0.15) is 11.6 Å². The molecule has 1 aliphatic rings. The van der Waals surface area contributed by atoms with E-state index in [1.807, 2.05) is 0 Å². The fraction of sp³-hybridized carbons (Fsp3) is 0.538. The lowest BCUT2D eigenvalue weighted by atomic mass is 10.1. The molecule has 1 heterocycles. The Morgan fingerprint density at radius 3 is 2.88 bits per heavy atom. The normalized spacial score (nSPS) is 22.9. The number of phenols is 1. The maximum atomic E-state index is 13.1. The first-order valence-electron chi connectivity index (χ1n) is 5.96. The SMILES string of the molecule is CC1CN(C)CCN1Cc1cc(F)ccc1O. The summed E-state index contributed by atoms with van der Waals surface area (Å²) in [5.74, 6) is -0.114. The van der Waals surface area contributed by atoms with Crippen LogP contribution < -0.4 is 0 Å². The summed E-state index contributed by atoms with van der Waals surface area (Å²) in [4.78, 5) is 4.56. The van der Waals surface area contributed by atoms with Crippen LogP contribution in [0.25, 0.3) is 0 Å². The molecule has 1 atom stereocenters. The van der Waals surface area contributed by atoms with Gasteiger partial charge in [0, 0.05) is 37.8 Å². The molecule has 0 spiro atoms. The number of nitrogens with zero attached hydrogens (tertiary/aromatic N) is 2. The third-order valence-corrected chi connectivity index (χ3v) is 3.38. The molecule has 0 amide bonds. The fourth-order valence-electron chi connectivity index (χ4n) is 2.31. The highest BCUT2D eigenvalue weighted by molar-refractivity contribution is 5.32. The van der Waals surface area contributed by atoms with E-state index in [9.17, 15) is 9.50 Å². The van der Waals surface area contributed by atoms with E-state index in [4.69, 9.17) is 0 Å². The highest BCUT2D eigenvalue weighted by Gasteiger charge is 2.22. The molecule has 94 valence electrons. The minimum Gasteiger partial charge on any atom is -0.508 e. The Morgan fingerprint density at radius 1 is 1.41 bits per heavy atom. The topological polar surface area (TPSA) is 26.7 Å². The average molecular weight is 238 g/mol. The molecule has 0 radical (unpaired) electrons. The maximum absolute atomic E-state index is 13.1. The van der Waals surface area contributed by atoms with Crippen LogP contribution in [-0.4, -0.2) is 47.6 Å². The summed E-state index contributed by atoms with van der Waals surface area (Å²) in [7, 11) is 2.10. The lowest BCUT2D eigenvalue weighted by Crippen LogP contribution is -2.49. The Balaban J connectivity index is 2.07. The number of hydrogen-bond donors (Lipinski definition) is 1. The lowest BCUT2D eigenvalue weighted by molar-refractivity contribution is 0.0930. The Labute approximate surface area is 101 Å². The first-order valence-corrected chi connectivity index (χ1v) is 5.96. The van der Waals surface area contributed by atoms with Crippen LogP contribution in [0.5, 0.6) is 5.75 Å². The molecule has 1 aromatic carbocycles. The van der Waals surface area contributed by atoms with E-state index in [2.05, 4.69) is 23.8 Å². The summed E-state index contributed by atoms with van der Waals surface area (Å²) in [6.45, 7) is 5.74. The van der Waals surface area contributed by atoms with Crippen molar-refractivity contribution in [3.05, 3.63) is 29.6 Å².